The average Bonchev–Trinajstić information content (AvgIpc) is 3.19. The number of para-hydroxylation sites is 1. The second kappa shape index (κ2) is 7.07. The topological polar surface area (TPSA) is 74.9 Å². The lowest BCUT2D eigenvalue weighted by Gasteiger charge is -2.37. The molecule has 2 N–H and O–H groups in total. The Hall–Kier alpha value is -3.41. The van der Waals surface area contributed by atoms with Crippen LogP contribution in [0.2, 0.25) is 0 Å². The molecule has 0 aliphatic carbocycles. The largest absolute Gasteiger partial charge is 0.504 e. The second-order valence-electron chi connectivity index (χ2n) is 6.27. The number of benzene rings is 2. The van der Waals surface area contributed by atoms with Crippen LogP contribution in [0, 0.1) is 0 Å². The fraction of sp³-hybridized carbons (Fsp3) is 0.190. The maximum atomic E-state index is 13.2. The van der Waals surface area contributed by atoms with Crippen LogP contribution >= 0.6 is 0 Å². The van der Waals surface area contributed by atoms with Crippen LogP contribution in [-0.2, 0) is 6.54 Å². The van der Waals surface area contributed by atoms with E-state index < -0.39 is 6.17 Å². The number of nitrogens with zero attached hydrogens (tertiary/aromatic N) is 1. The number of carbonyl (C=O) groups is 1. The van der Waals surface area contributed by atoms with Crippen molar-refractivity contribution >= 4 is 11.6 Å². The van der Waals surface area contributed by atoms with Gasteiger partial charge < -0.3 is 24.5 Å². The van der Waals surface area contributed by atoms with Crippen molar-refractivity contribution in [2.45, 2.75) is 19.6 Å². The number of phenolic OH excluding ortho intramolecular Hbond substituents is 1. The maximum absolute atomic E-state index is 13.2. The van der Waals surface area contributed by atoms with Crippen LogP contribution in [0.25, 0.3) is 0 Å². The van der Waals surface area contributed by atoms with Gasteiger partial charge in [-0.05, 0) is 48.9 Å². The predicted octanol–water partition coefficient (Wildman–Crippen LogP) is 4.15. The molecule has 0 spiro atoms. The summed E-state index contributed by atoms with van der Waals surface area (Å²) in [5.74, 6) is 1.07. The molecule has 1 aromatic heterocycles. The van der Waals surface area contributed by atoms with Gasteiger partial charge in [0, 0.05) is 5.69 Å². The molecule has 3 aromatic rings. The molecule has 1 aliphatic heterocycles. The van der Waals surface area contributed by atoms with Crippen molar-refractivity contribution in [2.75, 3.05) is 11.9 Å². The van der Waals surface area contributed by atoms with Crippen molar-refractivity contribution in [3.63, 3.8) is 0 Å². The smallest absolute Gasteiger partial charge is 0.258 e. The van der Waals surface area contributed by atoms with Crippen LogP contribution in [0.4, 0.5) is 5.69 Å². The average molecular weight is 364 g/mol. The van der Waals surface area contributed by atoms with Gasteiger partial charge in [-0.25, -0.2) is 0 Å². The Morgan fingerprint density at radius 2 is 2.04 bits per heavy atom. The standard InChI is InChI=1S/C21H20N2O4/c1-2-26-19-12-14(9-10-18(19)24)20-22-17-8-4-3-7-16(17)21(25)23(20)13-15-6-5-11-27-15/h3-12,20,22,24H,2,13H2,1H3/t20-/m0/s1. The van der Waals surface area contributed by atoms with E-state index in [2.05, 4.69) is 5.32 Å². The lowest BCUT2D eigenvalue weighted by atomic mass is 10.0. The molecule has 0 bridgehead atoms. The fourth-order valence-electron chi connectivity index (χ4n) is 3.26. The molecule has 0 saturated carbocycles. The van der Waals surface area contributed by atoms with E-state index >= 15 is 0 Å². The van der Waals surface area contributed by atoms with Gasteiger partial charge in [-0.2, -0.15) is 0 Å². The first-order valence-electron chi connectivity index (χ1n) is 8.82. The number of anilines is 1. The van der Waals surface area contributed by atoms with Crippen LogP contribution in [-0.4, -0.2) is 22.5 Å². The van der Waals surface area contributed by atoms with Gasteiger partial charge in [-0.1, -0.05) is 18.2 Å². The Morgan fingerprint density at radius 1 is 1.19 bits per heavy atom. The van der Waals surface area contributed by atoms with Crippen molar-refractivity contribution in [2.24, 2.45) is 0 Å². The molecule has 2 aromatic carbocycles. The molecule has 1 aliphatic rings. The molecule has 138 valence electrons. The van der Waals surface area contributed by atoms with E-state index in [0.717, 1.165) is 11.3 Å². The Labute approximate surface area is 157 Å². The highest BCUT2D eigenvalue weighted by Gasteiger charge is 2.33. The zero-order valence-electron chi connectivity index (χ0n) is 14.9. The normalized spacial score (nSPS) is 16.0. The fourth-order valence-corrected chi connectivity index (χ4v) is 3.26. The van der Waals surface area contributed by atoms with Crippen LogP contribution in [0.3, 0.4) is 0 Å². The van der Waals surface area contributed by atoms with Gasteiger partial charge in [0.05, 0.1) is 25.0 Å². The molecule has 0 radical (unpaired) electrons. The third-order valence-electron chi connectivity index (χ3n) is 4.53. The summed E-state index contributed by atoms with van der Waals surface area (Å²) >= 11 is 0. The summed E-state index contributed by atoms with van der Waals surface area (Å²) in [6.45, 7) is 2.61. The highest BCUT2D eigenvalue weighted by molar-refractivity contribution is 6.01. The van der Waals surface area contributed by atoms with E-state index in [1.165, 1.54) is 0 Å². The number of carbonyl (C=O) groups excluding carboxylic acids is 1. The Morgan fingerprint density at radius 3 is 2.81 bits per heavy atom. The highest BCUT2D eigenvalue weighted by Crippen LogP contribution is 2.37. The van der Waals surface area contributed by atoms with Crippen molar-refractivity contribution in [3.8, 4) is 11.5 Å². The SMILES string of the molecule is CCOc1cc([C@H]2Nc3ccccc3C(=O)N2Cc2ccco2)ccc1O. The van der Waals surface area contributed by atoms with Gasteiger partial charge in [-0.15, -0.1) is 0 Å². The van der Waals surface area contributed by atoms with E-state index in [1.807, 2.05) is 31.2 Å². The molecule has 6 nitrogen and oxygen atoms in total. The summed E-state index contributed by atoms with van der Waals surface area (Å²) < 4.78 is 11.0. The number of furan rings is 1. The van der Waals surface area contributed by atoms with E-state index in [-0.39, 0.29) is 11.7 Å². The number of hydrogen-bond donors (Lipinski definition) is 2. The summed E-state index contributed by atoms with van der Waals surface area (Å²) in [6.07, 6.45) is 1.17. The lowest BCUT2D eigenvalue weighted by molar-refractivity contribution is 0.0651. The molecule has 27 heavy (non-hydrogen) atoms. The summed E-state index contributed by atoms with van der Waals surface area (Å²) in [4.78, 5) is 14.9. The zero-order valence-corrected chi connectivity index (χ0v) is 14.9. The molecule has 1 amide bonds. The lowest BCUT2D eigenvalue weighted by Crippen LogP contribution is -2.42. The Balaban J connectivity index is 1.76. The molecular formula is C21H20N2O4. The Bertz CT molecular complexity index is 953. The first-order valence-corrected chi connectivity index (χ1v) is 8.82. The molecule has 1 atom stereocenters. The second-order valence-corrected chi connectivity index (χ2v) is 6.27. The van der Waals surface area contributed by atoms with E-state index in [4.69, 9.17) is 9.15 Å². The zero-order chi connectivity index (χ0) is 18.8. The van der Waals surface area contributed by atoms with Gasteiger partial charge in [0.25, 0.3) is 5.91 Å². The number of phenols is 1. The van der Waals surface area contributed by atoms with Gasteiger partial charge in [0.2, 0.25) is 0 Å². The molecule has 4 rings (SSSR count). The van der Waals surface area contributed by atoms with Crippen molar-refractivity contribution in [1.82, 2.24) is 4.90 Å². The Kier molecular flexibility index (Phi) is 4.46. The minimum Gasteiger partial charge on any atom is -0.504 e. The van der Waals surface area contributed by atoms with Crippen molar-refractivity contribution in [3.05, 3.63) is 77.7 Å². The summed E-state index contributed by atoms with van der Waals surface area (Å²) in [7, 11) is 0. The number of aromatic hydroxyl groups is 1. The molecular weight excluding hydrogens is 344 g/mol. The van der Waals surface area contributed by atoms with Gasteiger partial charge in [0.1, 0.15) is 11.9 Å². The number of fused-ring (bicyclic) bond motifs is 1. The number of nitrogens with one attached hydrogen (secondary N) is 1. The quantitative estimate of drug-likeness (QED) is 0.711. The predicted molar refractivity (Wildman–Crippen MR) is 101 cm³/mol. The first-order chi connectivity index (χ1) is 13.2. The third kappa shape index (κ3) is 3.21. The molecule has 0 fully saturated rings. The molecule has 0 saturated heterocycles. The molecule has 0 unspecified atom stereocenters. The van der Waals surface area contributed by atoms with E-state index in [0.29, 0.717) is 30.2 Å². The van der Waals surface area contributed by atoms with Crippen molar-refractivity contribution in [1.29, 1.82) is 0 Å². The number of amides is 1. The monoisotopic (exact) mass is 364 g/mol. The van der Waals surface area contributed by atoms with Crippen LogP contribution in [0.1, 0.15) is 34.8 Å². The van der Waals surface area contributed by atoms with Gasteiger partial charge >= 0.3 is 0 Å². The van der Waals surface area contributed by atoms with Crippen LogP contribution < -0.4 is 10.1 Å². The van der Waals surface area contributed by atoms with Crippen LogP contribution in [0.5, 0.6) is 11.5 Å². The minimum absolute atomic E-state index is 0.0701. The first kappa shape index (κ1) is 17.0. The van der Waals surface area contributed by atoms with Crippen molar-refractivity contribution < 1.29 is 19.1 Å². The summed E-state index contributed by atoms with van der Waals surface area (Å²) in [5.41, 5.74) is 2.20. The van der Waals surface area contributed by atoms with Crippen LogP contribution in [0.15, 0.2) is 65.3 Å². The number of hydrogen-bond acceptors (Lipinski definition) is 5. The summed E-state index contributed by atoms with van der Waals surface area (Å²) in [6, 6.07) is 16.2. The molecule has 2 heterocycles. The maximum Gasteiger partial charge on any atom is 0.258 e. The molecule has 6 heteroatoms. The van der Waals surface area contributed by atoms with E-state index in [9.17, 15) is 9.90 Å². The van der Waals surface area contributed by atoms with E-state index in [1.54, 1.807) is 41.5 Å². The third-order valence-corrected chi connectivity index (χ3v) is 4.53. The van der Waals surface area contributed by atoms with Gasteiger partial charge in [0.15, 0.2) is 11.5 Å². The summed E-state index contributed by atoms with van der Waals surface area (Å²) in [5, 5.41) is 13.4. The highest BCUT2D eigenvalue weighted by atomic mass is 16.5. The van der Waals surface area contributed by atoms with Gasteiger partial charge in [-0.3, -0.25) is 4.79 Å². The number of rotatable bonds is 5. The minimum atomic E-state index is -0.419. The number of ether oxygens (including phenoxy) is 1.